The number of carbonyl (C=O) groups is 2. The second-order valence-electron chi connectivity index (χ2n) is 5.18. The Kier molecular flexibility index (Phi) is 4.77. The zero-order valence-electron chi connectivity index (χ0n) is 12.0. The number of nitrogens with zero attached hydrogens (tertiary/aromatic N) is 2. The summed E-state index contributed by atoms with van der Waals surface area (Å²) in [5, 5.41) is 8.81. The van der Waals surface area contributed by atoms with E-state index in [-0.39, 0.29) is 24.1 Å². The molecular formula is C15H19FN2O3. The monoisotopic (exact) mass is 294 g/mol. The number of halogens is 1. The maximum atomic E-state index is 13.8. The first-order valence-corrected chi connectivity index (χ1v) is 7.05. The molecule has 1 aromatic carbocycles. The smallest absolute Gasteiger partial charge is 0.324 e. The molecule has 2 amide bonds. The Hall–Kier alpha value is -2.11. The second kappa shape index (κ2) is 6.56. The number of amides is 2. The van der Waals surface area contributed by atoms with Crippen molar-refractivity contribution in [2.24, 2.45) is 5.92 Å². The molecule has 0 bridgehead atoms. The molecule has 1 N–H and O–H groups in total. The molecule has 0 saturated carbocycles. The lowest BCUT2D eigenvalue weighted by Crippen LogP contribution is -2.42. The van der Waals surface area contributed by atoms with Gasteiger partial charge in [-0.1, -0.05) is 12.1 Å². The van der Waals surface area contributed by atoms with Gasteiger partial charge in [-0.2, -0.15) is 0 Å². The van der Waals surface area contributed by atoms with Gasteiger partial charge in [0.1, 0.15) is 5.82 Å². The molecule has 2 rings (SSSR count). The standard InChI is InChI=1S/C15H19FN2O3/c1-2-18(13-6-4-3-5-12(13)16)15(21)17-8-7-11(10-17)9-14(19)20/h3-6,11H,2,7-10H2,1H3,(H,19,20). The minimum Gasteiger partial charge on any atom is -0.481 e. The first-order chi connectivity index (χ1) is 10.0. The van der Waals surface area contributed by atoms with Gasteiger partial charge in [0, 0.05) is 26.1 Å². The molecule has 5 nitrogen and oxygen atoms in total. The molecule has 21 heavy (non-hydrogen) atoms. The summed E-state index contributed by atoms with van der Waals surface area (Å²) >= 11 is 0. The van der Waals surface area contributed by atoms with Gasteiger partial charge in [-0.05, 0) is 31.4 Å². The molecule has 1 fully saturated rings. The number of hydrogen-bond acceptors (Lipinski definition) is 2. The molecule has 1 aliphatic rings. The van der Waals surface area contributed by atoms with Crippen LogP contribution in [-0.4, -0.2) is 41.6 Å². The van der Waals surface area contributed by atoms with Crippen LogP contribution in [0.25, 0.3) is 0 Å². The summed E-state index contributed by atoms with van der Waals surface area (Å²) in [6.07, 6.45) is 0.739. The lowest BCUT2D eigenvalue weighted by molar-refractivity contribution is -0.138. The van der Waals surface area contributed by atoms with Crippen LogP contribution in [0.2, 0.25) is 0 Å². The minimum atomic E-state index is -0.851. The highest BCUT2D eigenvalue weighted by Crippen LogP contribution is 2.24. The molecule has 0 aromatic heterocycles. The number of hydrogen-bond donors (Lipinski definition) is 1. The third-order valence-electron chi connectivity index (χ3n) is 3.71. The third kappa shape index (κ3) is 3.51. The Morgan fingerprint density at radius 1 is 1.43 bits per heavy atom. The van der Waals surface area contributed by atoms with E-state index in [0.29, 0.717) is 26.1 Å². The van der Waals surface area contributed by atoms with Crippen molar-refractivity contribution >= 4 is 17.7 Å². The maximum Gasteiger partial charge on any atom is 0.324 e. The first kappa shape index (κ1) is 15.3. The predicted octanol–water partition coefficient (Wildman–Crippen LogP) is 2.57. The molecule has 6 heteroatoms. The van der Waals surface area contributed by atoms with E-state index in [1.54, 1.807) is 30.0 Å². The molecule has 1 aromatic rings. The summed E-state index contributed by atoms with van der Waals surface area (Å²) in [6.45, 7) is 3.08. The number of rotatable bonds is 4. The fraction of sp³-hybridized carbons (Fsp3) is 0.467. The summed E-state index contributed by atoms with van der Waals surface area (Å²) in [5.74, 6) is -1.31. The van der Waals surface area contributed by atoms with Gasteiger partial charge in [-0.25, -0.2) is 9.18 Å². The van der Waals surface area contributed by atoms with E-state index in [4.69, 9.17) is 5.11 Å². The van der Waals surface area contributed by atoms with E-state index in [1.807, 2.05) is 0 Å². The van der Waals surface area contributed by atoms with Crippen LogP contribution in [0.15, 0.2) is 24.3 Å². The van der Waals surface area contributed by atoms with E-state index in [0.717, 1.165) is 0 Å². The number of likely N-dealkylation sites (tertiary alicyclic amines) is 1. The topological polar surface area (TPSA) is 60.9 Å². The summed E-state index contributed by atoms with van der Waals surface area (Å²) in [5.41, 5.74) is 0.256. The van der Waals surface area contributed by atoms with Gasteiger partial charge in [0.25, 0.3) is 0 Å². The van der Waals surface area contributed by atoms with Crippen molar-refractivity contribution in [3.8, 4) is 0 Å². The van der Waals surface area contributed by atoms with Crippen molar-refractivity contribution < 1.29 is 19.1 Å². The molecule has 0 spiro atoms. The Balaban J connectivity index is 2.08. The van der Waals surface area contributed by atoms with Crippen LogP contribution in [0.4, 0.5) is 14.9 Å². The number of urea groups is 1. The van der Waals surface area contributed by atoms with Gasteiger partial charge in [-0.3, -0.25) is 9.69 Å². The van der Waals surface area contributed by atoms with Crippen molar-refractivity contribution in [3.63, 3.8) is 0 Å². The predicted molar refractivity (Wildman–Crippen MR) is 76.7 cm³/mol. The van der Waals surface area contributed by atoms with Gasteiger partial charge in [0.05, 0.1) is 5.69 Å². The van der Waals surface area contributed by atoms with Crippen molar-refractivity contribution in [1.82, 2.24) is 4.90 Å². The van der Waals surface area contributed by atoms with Crippen molar-refractivity contribution in [2.75, 3.05) is 24.5 Å². The number of carboxylic acid groups (broad SMARTS) is 1. The number of para-hydroxylation sites is 1. The summed E-state index contributed by atoms with van der Waals surface area (Å²) in [4.78, 5) is 26.2. The molecule has 114 valence electrons. The number of carbonyl (C=O) groups excluding carboxylic acids is 1. The molecular weight excluding hydrogens is 275 g/mol. The minimum absolute atomic E-state index is 0.0224. The average Bonchev–Trinajstić information content (AvgIpc) is 2.89. The highest BCUT2D eigenvalue weighted by molar-refractivity contribution is 5.92. The third-order valence-corrected chi connectivity index (χ3v) is 3.71. The fourth-order valence-corrected chi connectivity index (χ4v) is 2.67. The van der Waals surface area contributed by atoms with E-state index in [1.165, 1.54) is 11.0 Å². The van der Waals surface area contributed by atoms with Gasteiger partial charge in [0.2, 0.25) is 0 Å². The largest absolute Gasteiger partial charge is 0.481 e. The Bertz CT molecular complexity index is 535. The fourth-order valence-electron chi connectivity index (χ4n) is 2.67. The van der Waals surface area contributed by atoms with Crippen molar-refractivity contribution in [3.05, 3.63) is 30.1 Å². The highest BCUT2D eigenvalue weighted by Gasteiger charge is 2.31. The molecule has 0 aliphatic carbocycles. The Morgan fingerprint density at radius 3 is 2.76 bits per heavy atom. The molecule has 1 saturated heterocycles. The van der Waals surface area contributed by atoms with Gasteiger partial charge in [-0.15, -0.1) is 0 Å². The SMILES string of the molecule is CCN(C(=O)N1CCC(CC(=O)O)C1)c1ccccc1F. The molecule has 1 unspecified atom stereocenters. The highest BCUT2D eigenvalue weighted by atomic mass is 19.1. The summed E-state index contributed by atoms with van der Waals surface area (Å²) < 4.78 is 13.8. The van der Waals surface area contributed by atoms with Crippen LogP contribution in [0, 0.1) is 11.7 Å². The van der Waals surface area contributed by atoms with E-state index in [2.05, 4.69) is 0 Å². The first-order valence-electron chi connectivity index (χ1n) is 7.05. The van der Waals surface area contributed by atoms with Gasteiger partial charge in [0.15, 0.2) is 0 Å². The molecule has 1 aliphatic heterocycles. The maximum absolute atomic E-state index is 13.8. The number of benzene rings is 1. The number of aliphatic carboxylic acids is 1. The van der Waals surface area contributed by atoms with Crippen LogP contribution in [0.5, 0.6) is 0 Å². The Labute approximate surface area is 123 Å². The van der Waals surface area contributed by atoms with Crippen molar-refractivity contribution in [2.45, 2.75) is 19.8 Å². The second-order valence-corrected chi connectivity index (χ2v) is 5.18. The average molecular weight is 294 g/mol. The zero-order chi connectivity index (χ0) is 15.4. The normalized spacial score (nSPS) is 17.8. The molecule has 1 heterocycles. The van der Waals surface area contributed by atoms with Crippen molar-refractivity contribution in [1.29, 1.82) is 0 Å². The van der Waals surface area contributed by atoms with Crippen LogP contribution in [0.3, 0.4) is 0 Å². The number of anilines is 1. The number of carboxylic acids is 1. The quantitative estimate of drug-likeness (QED) is 0.928. The Morgan fingerprint density at radius 2 is 2.14 bits per heavy atom. The molecule has 0 radical (unpaired) electrons. The van der Waals surface area contributed by atoms with E-state index < -0.39 is 11.8 Å². The lowest BCUT2D eigenvalue weighted by Gasteiger charge is -2.27. The lowest BCUT2D eigenvalue weighted by atomic mass is 10.1. The van der Waals surface area contributed by atoms with Gasteiger partial charge < -0.3 is 10.0 Å². The summed E-state index contributed by atoms with van der Waals surface area (Å²) in [7, 11) is 0. The van der Waals surface area contributed by atoms with Gasteiger partial charge >= 0.3 is 12.0 Å². The van der Waals surface area contributed by atoms with Crippen LogP contribution in [-0.2, 0) is 4.79 Å². The van der Waals surface area contributed by atoms with Crippen LogP contribution < -0.4 is 4.90 Å². The van der Waals surface area contributed by atoms with Crippen LogP contribution >= 0.6 is 0 Å². The van der Waals surface area contributed by atoms with E-state index in [9.17, 15) is 14.0 Å². The zero-order valence-corrected chi connectivity index (χ0v) is 12.0. The van der Waals surface area contributed by atoms with Crippen LogP contribution in [0.1, 0.15) is 19.8 Å². The molecule has 1 atom stereocenters. The van der Waals surface area contributed by atoms with E-state index >= 15 is 0 Å². The summed E-state index contributed by atoms with van der Waals surface area (Å²) in [6, 6.07) is 5.89.